The topological polar surface area (TPSA) is 49.0 Å². The molecule has 3 rings (SSSR count). The van der Waals surface area contributed by atoms with E-state index in [-0.39, 0.29) is 11.9 Å². The summed E-state index contributed by atoms with van der Waals surface area (Å²) in [6, 6.07) is 8.59. The van der Waals surface area contributed by atoms with Gasteiger partial charge in [0.25, 0.3) is 5.91 Å². The number of aromatic amines is 1. The molecule has 122 valence electrons. The van der Waals surface area contributed by atoms with Crippen LogP contribution in [0.3, 0.4) is 0 Å². The van der Waals surface area contributed by atoms with Crippen LogP contribution in [-0.4, -0.2) is 27.5 Å². The Morgan fingerprint density at radius 1 is 1.43 bits per heavy atom. The summed E-state index contributed by atoms with van der Waals surface area (Å²) in [6.07, 6.45) is 2.04. The predicted molar refractivity (Wildman–Crippen MR) is 94.6 cm³/mol. The molecule has 0 aliphatic carbocycles. The molecule has 1 aliphatic heterocycles. The molecule has 5 heteroatoms. The number of aryl methyl sites for hydroxylation is 1. The number of likely N-dealkylation sites (tertiary alicyclic amines) is 1. The molecule has 1 aromatic carbocycles. The van der Waals surface area contributed by atoms with E-state index in [0.29, 0.717) is 11.6 Å². The van der Waals surface area contributed by atoms with Crippen molar-refractivity contribution in [2.75, 3.05) is 6.54 Å². The average Bonchev–Trinajstić information content (AvgIpc) is 3.13. The number of amides is 1. The van der Waals surface area contributed by atoms with E-state index < -0.39 is 0 Å². The highest BCUT2D eigenvalue weighted by Crippen LogP contribution is 2.35. The lowest BCUT2D eigenvalue weighted by molar-refractivity contribution is 0.0728. The van der Waals surface area contributed by atoms with Crippen LogP contribution < -0.4 is 0 Å². The number of halogens is 1. The van der Waals surface area contributed by atoms with Crippen LogP contribution in [-0.2, 0) is 0 Å². The minimum Gasteiger partial charge on any atom is -0.330 e. The molecule has 1 aliphatic rings. The average molecular weight is 376 g/mol. The van der Waals surface area contributed by atoms with Crippen LogP contribution in [0.5, 0.6) is 0 Å². The van der Waals surface area contributed by atoms with E-state index in [1.807, 2.05) is 4.90 Å². The SMILES string of the molecule is Cc1cccc(C2CCCN2C(=O)c2n[nH]c(C(C)C)c2Br)c1. The highest BCUT2D eigenvalue weighted by Gasteiger charge is 2.33. The van der Waals surface area contributed by atoms with Gasteiger partial charge in [0.05, 0.1) is 16.2 Å². The zero-order valence-corrected chi connectivity index (χ0v) is 15.4. The van der Waals surface area contributed by atoms with E-state index in [1.165, 1.54) is 11.1 Å². The van der Waals surface area contributed by atoms with Gasteiger partial charge in [0.2, 0.25) is 0 Å². The summed E-state index contributed by atoms with van der Waals surface area (Å²) < 4.78 is 0.799. The van der Waals surface area contributed by atoms with Gasteiger partial charge >= 0.3 is 0 Å². The molecule has 2 heterocycles. The molecule has 1 fully saturated rings. The van der Waals surface area contributed by atoms with E-state index >= 15 is 0 Å². The highest BCUT2D eigenvalue weighted by molar-refractivity contribution is 9.10. The molecule has 0 spiro atoms. The van der Waals surface area contributed by atoms with Gasteiger partial charge in [0, 0.05) is 6.54 Å². The lowest BCUT2D eigenvalue weighted by Crippen LogP contribution is -2.31. The molecular formula is C18H22BrN3O. The zero-order chi connectivity index (χ0) is 16.6. The van der Waals surface area contributed by atoms with Crippen LogP contribution in [0.15, 0.2) is 28.7 Å². The molecular weight excluding hydrogens is 354 g/mol. The lowest BCUT2D eigenvalue weighted by atomic mass is 10.0. The molecule has 1 amide bonds. The maximum Gasteiger partial charge on any atom is 0.276 e. The first-order chi connectivity index (χ1) is 11.0. The number of nitrogens with one attached hydrogen (secondary N) is 1. The van der Waals surface area contributed by atoms with Gasteiger partial charge in [-0.05, 0) is 47.2 Å². The largest absolute Gasteiger partial charge is 0.330 e. The molecule has 1 unspecified atom stereocenters. The van der Waals surface area contributed by atoms with E-state index in [0.717, 1.165) is 29.6 Å². The zero-order valence-electron chi connectivity index (χ0n) is 13.8. The number of aromatic nitrogens is 2. The van der Waals surface area contributed by atoms with Crippen LogP contribution in [0.2, 0.25) is 0 Å². The Bertz CT molecular complexity index is 723. The Kier molecular flexibility index (Phi) is 4.57. The van der Waals surface area contributed by atoms with Crippen molar-refractivity contribution in [2.45, 2.75) is 45.6 Å². The van der Waals surface area contributed by atoms with Crippen molar-refractivity contribution in [2.24, 2.45) is 0 Å². The number of rotatable bonds is 3. The first-order valence-electron chi connectivity index (χ1n) is 8.10. The van der Waals surface area contributed by atoms with E-state index in [1.54, 1.807) is 0 Å². The van der Waals surface area contributed by atoms with Crippen LogP contribution in [0.25, 0.3) is 0 Å². The fourth-order valence-electron chi connectivity index (χ4n) is 3.24. The Balaban J connectivity index is 1.89. The van der Waals surface area contributed by atoms with Gasteiger partial charge in [0.1, 0.15) is 0 Å². The Morgan fingerprint density at radius 3 is 2.87 bits per heavy atom. The summed E-state index contributed by atoms with van der Waals surface area (Å²) in [5, 5.41) is 7.26. The van der Waals surface area contributed by atoms with Crippen molar-refractivity contribution in [3.8, 4) is 0 Å². The van der Waals surface area contributed by atoms with E-state index in [9.17, 15) is 4.79 Å². The standard InChI is InChI=1S/C18H22BrN3O/c1-11(2)16-15(19)17(21-20-16)18(23)22-9-5-8-14(22)13-7-4-6-12(3)10-13/h4,6-7,10-11,14H,5,8-9H2,1-3H3,(H,20,21). The predicted octanol–water partition coefficient (Wildman–Crippen LogP) is 4.58. The molecule has 1 aromatic heterocycles. The second-order valence-electron chi connectivity index (χ2n) is 6.53. The lowest BCUT2D eigenvalue weighted by Gasteiger charge is -2.24. The summed E-state index contributed by atoms with van der Waals surface area (Å²) >= 11 is 3.55. The van der Waals surface area contributed by atoms with Gasteiger partial charge in [-0.2, -0.15) is 5.10 Å². The molecule has 2 aromatic rings. The molecule has 1 atom stereocenters. The maximum absolute atomic E-state index is 13.0. The quantitative estimate of drug-likeness (QED) is 0.852. The smallest absolute Gasteiger partial charge is 0.276 e. The van der Waals surface area contributed by atoms with Crippen molar-refractivity contribution >= 4 is 21.8 Å². The number of hydrogen-bond donors (Lipinski definition) is 1. The van der Waals surface area contributed by atoms with Crippen molar-refractivity contribution in [3.63, 3.8) is 0 Å². The normalized spacial score (nSPS) is 18.0. The van der Waals surface area contributed by atoms with Gasteiger partial charge in [-0.25, -0.2) is 0 Å². The summed E-state index contributed by atoms with van der Waals surface area (Å²) in [6.45, 7) is 7.04. The molecule has 23 heavy (non-hydrogen) atoms. The van der Waals surface area contributed by atoms with Crippen LogP contribution >= 0.6 is 15.9 Å². The van der Waals surface area contributed by atoms with Gasteiger partial charge in [-0.15, -0.1) is 0 Å². The second kappa shape index (κ2) is 6.48. The molecule has 4 nitrogen and oxygen atoms in total. The summed E-state index contributed by atoms with van der Waals surface area (Å²) in [5.74, 6) is 0.300. The van der Waals surface area contributed by atoms with Crippen molar-refractivity contribution in [3.05, 3.63) is 51.3 Å². The van der Waals surface area contributed by atoms with Crippen LogP contribution in [0.1, 0.15) is 66.0 Å². The van der Waals surface area contributed by atoms with Gasteiger partial charge < -0.3 is 4.90 Å². The minimum absolute atomic E-state index is 0.00373. The monoisotopic (exact) mass is 375 g/mol. The Hall–Kier alpha value is -1.62. The van der Waals surface area contributed by atoms with Crippen LogP contribution in [0, 0.1) is 6.92 Å². The van der Waals surface area contributed by atoms with Crippen molar-refractivity contribution in [1.29, 1.82) is 0 Å². The van der Waals surface area contributed by atoms with Crippen molar-refractivity contribution in [1.82, 2.24) is 15.1 Å². The van der Waals surface area contributed by atoms with Gasteiger partial charge in [-0.3, -0.25) is 9.89 Å². The van der Waals surface area contributed by atoms with Gasteiger partial charge in [0.15, 0.2) is 5.69 Å². The minimum atomic E-state index is 0.00373. The molecule has 0 bridgehead atoms. The molecule has 0 radical (unpaired) electrons. The fraction of sp³-hybridized carbons (Fsp3) is 0.444. The number of carbonyl (C=O) groups is 1. The van der Waals surface area contributed by atoms with E-state index in [2.05, 4.69) is 71.2 Å². The number of H-pyrrole nitrogens is 1. The summed E-state index contributed by atoms with van der Waals surface area (Å²) in [7, 11) is 0. The first-order valence-corrected chi connectivity index (χ1v) is 8.89. The number of hydrogen-bond acceptors (Lipinski definition) is 2. The molecule has 0 saturated carbocycles. The maximum atomic E-state index is 13.0. The van der Waals surface area contributed by atoms with Crippen LogP contribution in [0.4, 0.5) is 0 Å². The Labute approximate surface area is 145 Å². The third kappa shape index (κ3) is 3.07. The second-order valence-corrected chi connectivity index (χ2v) is 7.32. The fourth-order valence-corrected chi connectivity index (χ4v) is 4.04. The molecule has 1 N–H and O–H groups in total. The summed E-state index contributed by atoms with van der Waals surface area (Å²) in [5.41, 5.74) is 3.91. The van der Waals surface area contributed by atoms with Gasteiger partial charge in [-0.1, -0.05) is 43.7 Å². The third-order valence-electron chi connectivity index (χ3n) is 4.45. The summed E-state index contributed by atoms with van der Waals surface area (Å²) in [4.78, 5) is 14.9. The third-order valence-corrected chi connectivity index (χ3v) is 5.26. The van der Waals surface area contributed by atoms with Crippen molar-refractivity contribution < 1.29 is 4.79 Å². The number of nitrogens with zero attached hydrogens (tertiary/aromatic N) is 2. The number of carbonyl (C=O) groups excluding carboxylic acids is 1. The first kappa shape index (κ1) is 16.2. The Morgan fingerprint density at radius 2 is 2.22 bits per heavy atom. The molecule has 1 saturated heterocycles. The highest BCUT2D eigenvalue weighted by atomic mass is 79.9. The number of benzene rings is 1. The van der Waals surface area contributed by atoms with E-state index in [4.69, 9.17) is 0 Å².